The Hall–Kier alpha value is -1.46. The number of amides is 1. The number of carbonyl (C=O) groups is 1. The van der Waals surface area contributed by atoms with E-state index in [-0.39, 0.29) is 24.4 Å². The van der Waals surface area contributed by atoms with Crippen LogP contribution in [0.2, 0.25) is 0 Å². The summed E-state index contributed by atoms with van der Waals surface area (Å²) < 4.78 is 19.5. The van der Waals surface area contributed by atoms with Gasteiger partial charge in [-0.1, -0.05) is 18.2 Å². The average Bonchev–Trinajstić information content (AvgIpc) is 2.52. The number of carbonyl (C=O) groups excluding carboxylic acids is 1. The van der Waals surface area contributed by atoms with E-state index in [0.29, 0.717) is 24.6 Å². The Morgan fingerprint density at radius 2 is 2.05 bits per heavy atom. The number of rotatable bonds is 3. The Kier molecular flexibility index (Phi) is 4.51. The summed E-state index contributed by atoms with van der Waals surface area (Å²) >= 11 is 0. The quantitative estimate of drug-likeness (QED) is 0.919. The van der Waals surface area contributed by atoms with Crippen LogP contribution in [0.3, 0.4) is 0 Å². The first-order valence-corrected chi connectivity index (χ1v) is 7.57. The first kappa shape index (κ1) is 14.5. The largest absolute Gasteiger partial charge is 0.366 e. The van der Waals surface area contributed by atoms with Crippen LogP contribution in [0.15, 0.2) is 24.3 Å². The Bertz CT molecular complexity index is 503. The summed E-state index contributed by atoms with van der Waals surface area (Å²) in [4.78, 5) is 13.7. The van der Waals surface area contributed by atoms with Crippen LogP contribution < -0.4 is 5.32 Å². The number of hydrogen-bond acceptors (Lipinski definition) is 3. The van der Waals surface area contributed by atoms with Crippen LogP contribution in [0.4, 0.5) is 4.39 Å². The summed E-state index contributed by atoms with van der Waals surface area (Å²) in [6.45, 7) is 3.02. The Morgan fingerprint density at radius 1 is 1.29 bits per heavy atom. The average molecular weight is 292 g/mol. The molecule has 1 N–H and O–H groups in total. The van der Waals surface area contributed by atoms with Crippen molar-refractivity contribution in [1.29, 1.82) is 0 Å². The van der Waals surface area contributed by atoms with Crippen molar-refractivity contribution in [2.75, 3.05) is 26.2 Å². The highest BCUT2D eigenvalue weighted by molar-refractivity contribution is 5.78. The summed E-state index contributed by atoms with van der Waals surface area (Å²) in [5, 5.41) is 3.34. The van der Waals surface area contributed by atoms with Crippen molar-refractivity contribution in [1.82, 2.24) is 10.2 Å². The van der Waals surface area contributed by atoms with E-state index in [1.165, 1.54) is 6.07 Å². The lowest BCUT2D eigenvalue weighted by Crippen LogP contribution is -2.50. The predicted molar refractivity (Wildman–Crippen MR) is 77.2 cm³/mol. The van der Waals surface area contributed by atoms with Gasteiger partial charge < -0.3 is 15.0 Å². The number of nitrogens with zero attached hydrogens (tertiary/aromatic N) is 1. The zero-order valence-corrected chi connectivity index (χ0v) is 12.1. The van der Waals surface area contributed by atoms with Gasteiger partial charge in [0.25, 0.3) is 0 Å². The van der Waals surface area contributed by atoms with Crippen LogP contribution in [0, 0.1) is 11.7 Å². The van der Waals surface area contributed by atoms with Crippen LogP contribution in [-0.4, -0.2) is 43.2 Å². The molecule has 0 radical (unpaired) electrons. The third-order valence-corrected chi connectivity index (χ3v) is 4.40. The van der Waals surface area contributed by atoms with Gasteiger partial charge in [-0.25, -0.2) is 4.39 Å². The number of morpholine rings is 1. The molecule has 114 valence electrons. The van der Waals surface area contributed by atoms with Crippen LogP contribution in [0.25, 0.3) is 0 Å². The van der Waals surface area contributed by atoms with E-state index in [0.717, 1.165) is 25.9 Å². The van der Waals surface area contributed by atoms with Gasteiger partial charge >= 0.3 is 0 Å². The molecule has 2 fully saturated rings. The minimum Gasteiger partial charge on any atom is -0.366 e. The van der Waals surface area contributed by atoms with E-state index in [1.54, 1.807) is 23.1 Å². The highest BCUT2D eigenvalue weighted by Crippen LogP contribution is 2.24. The van der Waals surface area contributed by atoms with E-state index in [2.05, 4.69) is 5.32 Å². The third kappa shape index (κ3) is 3.41. The van der Waals surface area contributed by atoms with Gasteiger partial charge in [0.05, 0.1) is 6.10 Å². The van der Waals surface area contributed by atoms with Crippen LogP contribution in [0.5, 0.6) is 0 Å². The maximum atomic E-state index is 13.7. The summed E-state index contributed by atoms with van der Waals surface area (Å²) in [5.41, 5.74) is 0.566. The lowest BCUT2D eigenvalue weighted by Gasteiger charge is -2.38. The van der Waals surface area contributed by atoms with Gasteiger partial charge in [-0.15, -0.1) is 0 Å². The van der Waals surface area contributed by atoms with E-state index in [4.69, 9.17) is 4.74 Å². The first-order chi connectivity index (χ1) is 10.2. The topological polar surface area (TPSA) is 41.6 Å². The maximum absolute atomic E-state index is 13.7. The molecular weight excluding hydrogens is 271 g/mol. The zero-order chi connectivity index (χ0) is 14.7. The van der Waals surface area contributed by atoms with Crippen molar-refractivity contribution in [3.8, 4) is 0 Å². The van der Waals surface area contributed by atoms with Gasteiger partial charge in [0.2, 0.25) is 5.91 Å². The highest BCUT2D eigenvalue weighted by Gasteiger charge is 2.32. The minimum atomic E-state index is -0.254. The molecule has 1 unspecified atom stereocenters. The van der Waals surface area contributed by atoms with Crippen molar-refractivity contribution in [3.63, 3.8) is 0 Å². The number of hydrogen-bond donors (Lipinski definition) is 1. The molecule has 0 bridgehead atoms. The molecule has 1 aromatic rings. The van der Waals surface area contributed by atoms with Crippen molar-refractivity contribution in [3.05, 3.63) is 35.6 Å². The highest BCUT2D eigenvalue weighted by atomic mass is 19.1. The lowest BCUT2D eigenvalue weighted by atomic mass is 9.91. The van der Waals surface area contributed by atoms with Crippen molar-refractivity contribution in [2.45, 2.75) is 25.5 Å². The first-order valence-electron chi connectivity index (χ1n) is 7.57. The molecule has 2 aliphatic heterocycles. The molecule has 4 nitrogen and oxygen atoms in total. The SMILES string of the molecule is O=C1COC(C2CCNCC2)CN1Cc1ccccc1F. The van der Waals surface area contributed by atoms with Gasteiger partial charge in [0, 0.05) is 18.7 Å². The molecule has 5 heteroatoms. The fraction of sp³-hybridized carbons (Fsp3) is 0.562. The summed E-state index contributed by atoms with van der Waals surface area (Å²) in [6, 6.07) is 6.63. The molecule has 21 heavy (non-hydrogen) atoms. The van der Waals surface area contributed by atoms with Gasteiger partial charge in [0.1, 0.15) is 12.4 Å². The molecule has 2 heterocycles. The van der Waals surface area contributed by atoms with Gasteiger partial charge in [-0.3, -0.25) is 4.79 Å². The third-order valence-electron chi connectivity index (χ3n) is 4.40. The molecule has 0 saturated carbocycles. The second-order valence-electron chi connectivity index (χ2n) is 5.80. The summed E-state index contributed by atoms with van der Waals surface area (Å²) in [5.74, 6) is 0.182. The molecule has 0 spiro atoms. The van der Waals surface area contributed by atoms with E-state index in [1.807, 2.05) is 0 Å². The number of ether oxygens (including phenoxy) is 1. The second kappa shape index (κ2) is 6.54. The van der Waals surface area contributed by atoms with Crippen molar-refractivity contribution >= 4 is 5.91 Å². The fourth-order valence-corrected chi connectivity index (χ4v) is 3.13. The van der Waals surface area contributed by atoms with Gasteiger partial charge in [-0.2, -0.15) is 0 Å². The molecule has 2 aliphatic rings. The number of piperidine rings is 1. The fourth-order valence-electron chi connectivity index (χ4n) is 3.13. The standard InChI is InChI=1S/C16H21FN2O2/c17-14-4-2-1-3-13(14)9-19-10-15(21-11-16(19)20)12-5-7-18-8-6-12/h1-4,12,15,18H,5-11H2. The maximum Gasteiger partial charge on any atom is 0.248 e. The van der Waals surface area contributed by atoms with Gasteiger partial charge in [0.15, 0.2) is 0 Å². The monoisotopic (exact) mass is 292 g/mol. The smallest absolute Gasteiger partial charge is 0.248 e. The molecule has 0 aliphatic carbocycles. The Balaban J connectivity index is 1.66. The van der Waals surface area contributed by atoms with E-state index >= 15 is 0 Å². The Labute approximate surface area is 124 Å². The molecule has 3 rings (SSSR count). The number of nitrogens with one attached hydrogen (secondary N) is 1. The molecule has 1 aromatic carbocycles. The number of halogens is 1. The predicted octanol–water partition coefficient (Wildman–Crippen LogP) is 1.55. The Morgan fingerprint density at radius 3 is 2.81 bits per heavy atom. The van der Waals surface area contributed by atoms with Crippen molar-refractivity contribution in [2.24, 2.45) is 5.92 Å². The summed E-state index contributed by atoms with van der Waals surface area (Å²) in [6.07, 6.45) is 2.23. The van der Waals surface area contributed by atoms with E-state index < -0.39 is 0 Å². The molecule has 2 saturated heterocycles. The molecule has 1 amide bonds. The molecule has 0 aromatic heterocycles. The second-order valence-corrected chi connectivity index (χ2v) is 5.80. The van der Waals surface area contributed by atoms with Crippen molar-refractivity contribution < 1.29 is 13.9 Å². The minimum absolute atomic E-state index is 0.0524. The normalized spacial score (nSPS) is 24.3. The van der Waals surface area contributed by atoms with Gasteiger partial charge in [-0.05, 0) is 37.9 Å². The lowest BCUT2D eigenvalue weighted by molar-refractivity contribution is -0.153. The molecule has 1 atom stereocenters. The van der Waals surface area contributed by atoms with E-state index in [9.17, 15) is 9.18 Å². The number of benzene rings is 1. The zero-order valence-electron chi connectivity index (χ0n) is 12.1. The van der Waals surface area contributed by atoms with Crippen LogP contribution in [-0.2, 0) is 16.1 Å². The van der Waals surface area contributed by atoms with Crippen LogP contribution >= 0.6 is 0 Å². The summed E-state index contributed by atoms with van der Waals surface area (Å²) in [7, 11) is 0. The molecular formula is C16H21FN2O2. The van der Waals surface area contributed by atoms with Crippen LogP contribution in [0.1, 0.15) is 18.4 Å².